The van der Waals surface area contributed by atoms with Crippen molar-refractivity contribution in [1.82, 2.24) is 4.90 Å². The van der Waals surface area contributed by atoms with Gasteiger partial charge >= 0.3 is 0 Å². The summed E-state index contributed by atoms with van der Waals surface area (Å²) in [6.07, 6.45) is 1.58. The summed E-state index contributed by atoms with van der Waals surface area (Å²) in [5.41, 5.74) is 1.20. The zero-order chi connectivity index (χ0) is 15.2. The Balaban J connectivity index is 1.39. The minimum Gasteiger partial charge on any atom is -0.376 e. The van der Waals surface area contributed by atoms with E-state index in [1.165, 1.54) is 5.56 Å². The Bertz CT molecular complexity index is 582. The van der Waals surface area contributed by atoms with E-state index in [0.29, 0.717) is 18.9 Å². The van der Waals surface area contributed by atoms with Crippen LogP contribution in [-0.2, 0) is 22.6 Å². The summed E-state index contributed by atoms with van der Waals surface area (Å²) in [5, 5.41) is 2.02. The predicted molar refractivity (Wildman–Crippen MR) is 88.8 cm³/mol. The molecule has 1 aliphatic heterocycles. The molecule has 2 heterocycles. The van der Waals surface area contributed by atoms with Crippen molar-refractivity contribution in [2.45, 2.75) is 19.4 Å². The molecule has 22 heavy (non-hydrogen) atoms. The minimum absolute atomic E-state index is 0.244. The lowest BCUT2D eigenvalue weighted by Gasteiger charge is -2.16. The van der Waals surface area contributed by atoms with Crippen LogP contribution in [0.3, 0.4) is 0 Å². The smallest absolute Gasteiger partial charge is 0.227 e. The molecule has 1 fully saturated rings. The zero-order valence-electron chi connectivity index (χ0n) is 12.6. The fraction of sp³-hybridized carbons (Fsp3) is 0.389. The lowest BCUT2D eigenvalue weighted by atomic mass is 10.1. The number of likely N-dealkylation sites (tertiary alicyclic amines) is 1. The van der Waals surface area contributed by atoms with Crippen molar-refractivity contribution in [3.05, 3.63) is 58.3 Å². The number of ether oxygens (including phenoxy) is 1. The maximum Gasteiger partial charge on any atom is 0.227 e. The summed E-state index contributed by atoms with van der Waals surface area (Å²) in [4.78, 5) is 15.4. The summed E-state index contributed by atoms with van der Waals surface area (Å²) in [6, 6.07) is 14.2. The van der Waals surface area contributed by atoms with Crippen LogP contribution in [0.2, 0.25) is 0 Å². The topological polar surface area (TPSA) is 29.5 Å². The van der Waals surface area contributed by atoms with Gasteiger partial charge in [-0.15, -0.1) is 11.3 Å². The Morgan fingerprint density at radius 3 is 2.86 bits per heavy atom. The first-order valence-corrected chi connectivity index (χ1v) is 8.61. The minimum atomic E-state index is 0.244. The molecule has 1 atom stereocenters. The number of benzene rings is 1. The molecule has 0 saturated carbocycles. The van der Waals surface area contributed by atoms with E-state index < -0.39 is 0 Å². The molecule has 1 aromatic carbocycles. The van der Waals surface area contributed by atoms with Gasteiger partial charge in [0.2, 0.25) is 5.91 Å². The van der Waals surface area contributed by atoms with Gasteiger partial charge in [0.15, 0.2) is 0 Å². The molecule has 3 nitrogen and oxygen atoms in total. The van der Waals surface area contributed by atoms with Crippen molar-refractivity contribution in [2.24, 2.45) is 5.92 Å². The van der Waals surface area contributed by atoms with Gasteiger partial charge in [0, 0.05) is 23.9 Å². The molecule has 1 aliphatic rings. The lowest BCUT2D eigenvalue weighted by Crippen LogP contribution is -2.30. The summed E-state index contributed by atoms with van der Waals surface area (Å²) in [7, 11) is 0. The molecular weight excluding hydrogens is 294 g/mol. The summed E-state index contributed by atoms with van der Waals surface area (Å²) >= 11 is 1.65. The number of carbonyl (C=O) groups excluding carboxylic acids is 1. The van der Waals surface area contributed by atoms with Crippen molar-refractivity contribution < 1.29 is 9.53 Å². The molecule has 0 spiro atoms. The van der Waals surface area contributed by atoms with Gasteiger partial charge in [0.05, 0.1) is 19.6 Å². The molecule has 0 N–H and O–H groups in total. The van der Waals surface area contributed by atoms with Crippen LogP contribution in [-0.4, -0.2) is 30.5 Å². The molecule has 1 unspecified atom stereocenters. The Morgan fingerprint density at radius 1 is 1.23 bits per heavy atom. The second-order valence-corrected chi connectivity index (χ2v) is 6.78. The van der Waals surface area contributed by atoms with Crippen molar-refractivity contribution >= 4 is 17.2 Å². The van der Waals surface area contributed by atoms with Crippen LogP contribution in [0.15, 0.2) is 47.8 Å². The Labute approximate surface area is 135 Å². The molecular formula is C18H21NO2S. The number of thiophene rings is 1. The largest absolute Gasteiger partial charge is 0.376 e. The van der Waals surface area contributed by atoms with Crippen LogP contribution in [0, 0.1) is 5.92 Å². The molecule has 1 aromatic heterocycles. The van der Waals surface area contributed by atoms with Crippen molar-refractivity contribution in [3.8, 4) is 0 Å². The van der Waals surface area contributed by atoms with E-state index in [1.54, 1.807) is 11.3 Å². The summed E-state index contributed by atoms with van der Waals surface area (Å²) in [6.45, 7) is 3.08. The maximum absolute atomic E-state index is 12.2. The van der Waals surface area contributed by atoms with Gasteiger partial charge in [0.1, 0.15) is 0 Å². The molecule has 4 heteroatoms. The molecule has 2 aromatic rings. The van der Waals surface area contributed by atoms with E-state index in [1.807, 2.05) is 40.6 Å². The number of nitrogens with zero attached hydrogens (tertiary/aromatic N) is 1. The SMILES string of the molecule is O=C(Cc1cccs1)N1CCC(COCc2ccccc2)C1. The fourth-order valence-electron chi connectivity index (χ4n) is 2.79. The predicted octanol–water partition coefficient (Wildman–Crippen LogP) is 3.36. The van der Waals surface area contributed by atoms with Crippen LogP contribution in [0.25, 0.3) is 0 Å². The van der Waals surface area contributed by atoms with Crippen LogP contribution in [0.1, 0.15) is 16.9 Å². The van der Waals surface area contributed by atoms with Gasteiger partial charge in [-0.3, -0.25) is 4.79 Å². The highest BCUT2D eigenvalue weighted by Gasteiger charge is 2.26. The normalized spacial score (nSPS) is 17.8. The Hall–Kier alpha value is -1.65. The second kappa shape index (κ2) is 7.56. The van der Waals surface area contributed by atoms with Gasteiger partial charge in [0.25, 0.3) is 0 Å². The third kappa shape index (κ3) is 4.18. The van der Waals surface area contributed by atoms with Crippen molar-refractivity contribution in [3.63, 3.8) is 0 Å². The van der Waals surface area contributed by atoms with Gasteiger partial charge in [-0.05, 0) is 23.4 Å². The highest BCUT2D eigenvalue weighted by atomic mass is 32.1. The monoisotopic (exact) mass is 315 g/mol. The Morgan fingerprint density at radius 2 is 2.09 bits per heavy atom. The van der Waals surface area contributed by atoms with E-state index in [2.05, 4.69) is 12.1 Å². The summed E-state index contributed by atoms with van der Waals surface area (Å²) in [5.74, 6) is 0.712. The van der Waals surface area contributed by atoms with Crippen LogP contribution < -0.4 is 0 Å². The average molecular weight is 315 g/mol. The highest BCUT2D eigenvalue weighted by molar-refractivity contribution is 7.10. The van der Waals surface area contributed by atoms with E-state index in [-0.39, 0.29) is 5.91 Å². The number of hydrogen-bond donors (Lipinski definition) is 0. The first kappa shape index (κ1) is 15.3. The molecule has 1 saturated heterocycles. The van der Waals surface area contributed by atoms with Crippen LogP contribution >= 0.6 is 11.3 Å². The van der Waals surface area contributed by atoms with Gasteiger partial charge < -0.3 is 9.64 Å². The fourth-order valence-corrected chi connectivity index (χ4v) is 3.48. The molecule has 0 radical (unpaired) electrons. The number of amides is 1. The van der Waals surface area contributed by atoms with E-state index in [4.69, 9.17) is 4.74 Å². The third-order valence-electron chi connectivity index (χ3n) is 4.01. The van der Waals surface area contributed by atoms with Gasteiger partial charge in [-0.25, -0.2) is 0 Å². The number of carbonyl (C=O) groups is 1. The van der Waals surface area contributed by atoms with Gasteiger partial charge in [-0.2, -0.15) is 0 Å². The molecule has 1 amide bonds. The molecule has 3 rings (SSSR count). The van der Waals surface area contributed by atoms with Crippen molar-refractivity contribution in [1.29, 1.82) is 0 Å². The van der Waals surface area contributed by atoms with E-state index in [9.17, 15) is 4.79 Å². The first-order valence-electron chi connectivity index (χ1n) is 7.73. The number of rotatable bonds is 6. The molecule has 116 valence electrons. The quantitative estimate of drug-likeness (QED) is 0.818. The van der Waals surface area contributed by atoms with Crippen molar-refractivity contribution in [2.75, 3.05) is 19.7 Å². The Kier molecular flexibility index (Phi) is 5.24. The standard InChI is InChI=1S/C18H21NO2S/c20-18(11-17-7-4-10-22-17)19-9-8-16(12-19)14-21-13-15-5-2-1-3-6-15/h1-7,10,16H,8-9,11-14H2. The zero-order valence-corrected chi connectivity index (χ0v) is 13.4. The second-order valence-electron chi connectivity index (χ2n) is 5.75. The lowest BCUT2D eigenvalue weighted by molar-refractivity contribution is -0.129. The van der Waals surface area contributed by atoms with Crippen LogP contribution in [0.5, 0.6) is 0 Å². The maximum atomic E-state index is 12.2. The molecule has 0 bridgehead atoms. The van der Waals surface area contributed by atoms with E-state index >= 15 is 0 Å². The average Bonchev–Trinajstić information content (AvgIpc) is 3.20. The van der Waals surface area contributed by atoms with Crippen LogP contribution in [0.4, 0.5) is 0 Å². The highest BCUT2D eigenvalue weighted by Crippen LogP contribution is 2.19. The first-order chi connectivity index (χ1) is 10.8. The summed E-state index contributed by atoms with van der Waals surface area (Å²) < 4.78 is 5.80. The number of hydrogen-bond acceptors (Lipinski definition) is 3. The third-order valence-corrected chi connectivity index (χ3v) is 4.89. The molecule has 0 aliphatic carbocycles. The van der Waals surface area contributed by atoms with E-state index in [0.717, 1.165) is 31.0 Å². The van der Waals surface area contributed by atoms with Gasteiger partial charge in [-0.1, -0.05) is 36.4 Å².